The van der Waals surface area contributed by atoms with Crippen molar-refractivity contribution in [3.8, 4) is 5.75 Å². The van der Waals surface area contributed by atoms with Crippen LogP contribution in [0.25, 0.3) is 6.08 Å². The number of nitrogens with two attached hydrogens (primary N) is 2. The molecule has 0 bridgehead atoms. The average Bonchev–Trinajstić information content (AvgIpc) is 3.45. The third-order valence-corrected chi connectivity index (χ3v) is 14.5. The molecule has 0 aromatic heterocycles. The van der Waals surface area contributed by atoms with Crippen molar-refractivity contribution in [2.45, 2.75) is 118 Å². The number of nitrogen functional groups attached to an aromatic ring is 2. The van der Waals surface area contributed by atoms with Gasteiger partial charge in [-0.25, -0.2) is 9.59 Å². The van der Waals surface area contributed by atoms with Crippen LogP contribution in [-0.4, -0.2) is 30.3 Å². The summed E-state index contributed by atoms with van der Waals surface area (Å²) in [4.78, 5) is 24.0. The standard InChI is InChI=1S/C45H64N2O5/c1-28(2)7-6-8-29(3)38-13-14-39-36-12-11-33-24-31(17-19-44(33,4)40(36)18-20-45(38,39)5)37-23-30(10-16-42(48)49)9-15-41(37)51-21-22-52-43(50)32-25-34(46)27-35(47)26-32/h9-10,15-16,23,25-29,31,33,36,38-40H,6-8,11-14,17-22,24,46-47H2,1-5H3,(H,48,49)/t29-,31?,33?,36?,38-,39?,40?,44+,45-/m1/s1. The Morgan fingerprint density at radius 3 is 2.35 bits per heavy atom. The zero-order chi connectivity index (χ0) is 37.2. The summed E-state index contributed by atoms with van der Waals surface area (Å²) < 4.78 is 11.8. The molecule has 0 aliphatic heterocycles. The Balaban J connectivity index is 1.12. The third kappa shape index (κ3) is 8.04. The highest BCUT2D eigenvalue weighted by molar-refractivity contribution is 5.91. The van der Waals surface area contributed by atoms with Gasteiger partial charge in [-0.15, -0.1) is 0 Å². The Hall–Kier alpha value is -3.48. The van der Waals surface area contributed by atoms with Gasteiger partial charge >= 0.3 is 11.9 Å². The van der Waals surface area contributed by atoms with Crippen LogP contribution in [0.3, 0.4) is 0 Å². The summed E-state index contributed by atoms with van der Waals surface area (Å²) in [6.07, 6.45) is 18.7. The SMILES string of the molecule is CC(C)CCC[C@@H](C)[C@H]1CCC2C3CCC4CC(c5cc(C=CC(=O)O)ccc5OCCOC(=O)c5cc(N)cc(N)c5)CC[C@]4(C)C3CC[C@@]21C. The van der Waals surface area contributed by atoms with Gasteiger partial charge in [-0.1, -0.05) is 59.9 Å². The maximum atomic E-state index is 12.6. The van der Waals surface area contributed by atoms with Crippen LogP contribution in [0.2, 0.25) is 0 Å². The molecule has 6 rings (SSSR count). The molecule has 0 spiro atoms. The second kappa shape index (κ2) is 15.9. The molecule has 0 saturated heterocycles. The lowest BCUT2D eigenvalue weighted by atomic mass is 9.43. The summed E-state index contributed by atoms with van der Waals surface area (Å²) in [6, 6.07) is 10.7. The molecule has 5 N–H and O–H groups in total. The number of ether oxygens (including phenoxy) is 2. The number of hydrogen-bond donors (Lipinski definition) is 3. The minimum absolute atomic E-state index is 0.0831. The van der Waals surface area contributed by atoms with Crippen LogP contribution in [0.4, 0.5) is 11.4 Å². The van der Waals surface area contributed by atoms with E-state index in [0.717, 1.165) is 65.2 Å². The van der Waals surface area contributed by atoms with Crippen LogP contribution in [0.1, 0.15) is 139 Å². The topological polar surface area (TPSA) is 125 Å². The lowest BCUT2D eigenvalue weighted by Crippen LogP contribution is -2.53. The molecule has 2 aromatic carbocycles. The van der Waals surface area contributed by atoms with E-state index in [0.29, 0.717) is 39.6 Å². The largest absolute Gasteiger partial charge is 0.490 e. The molecule has 4 fully saturated rings. The van der Waals surface area contributed by atoms with Crippen molar-refractivity contribution in [3.63, 3.8) is 0 Å². The number of hydrogen-bond acceptors (Lipinski definition) is 6. The summed E-state index contributed by atoms with van der Waals surface area (Å²) in [7, 11) is 0. The Morgan fingerprint density at radius 2 is 1.62 bits per heavy atom. The Labute approximate surface area is 312 Å². The van der Waals surface area contributed by atoms with Crippen LogP contribution < -0.4 is 16.2 Å². The summed E-state index contributed by atoms with van der Waals surface area (Å²) in [5, 5.41) is 9.30. The Bertz CT molecular complexity index is 1600. The van der Waals surface area contributed by atoms with Crippen LogP contribution in [-0.2, 0) is 9.53 Å². The maximum absolute atomic E-state index is 12.6. The first-order valence-electron chi connectivity index (χ1n) is 20.3. The number of aliphatic carboxylic acids is 1. The van der Waals surface area contributed by atoms with E-state index in [2.05, 4.69) is 40.7 Å². The lowest BCUT2D eigenvalue weighted by Gasteiger charge is -2.61. The van der Waals surface area contributed by atoms with Gasteiger partial charge in [-0.2, -0.15) is 0 Å². The molecule has 4 saturated carbocycles. The van der Waals surface area contributed by atoms with Gasteiger partial charge < -0.3 is 26.0 Å². The highest BCUT2D eigenvalue weighted by Crippen LogP contribution is 2.69. The predicted octanol–water partition coefficient (Wildman–Crippen LogP) is 10.4. The Kier molecular flexibility index (Phi) is 11.7. The highest BCUT2D eigenvalue weighted by atomic mass is 16.6. The van der Waals surface area contributed by atoms with Crippen molar-refractivity contribution in [1.29, 1.82) is 0 Å². The van der Waals surface area contributed by atoms with E-state index < -0.39 is 11.9 Å². The maximum Gasteiger partial charge on any atom is 0.338 e. The van der Waals surface area contributed by atoms with Crippen molar-refractivity contribution in [2.24, 2.45) is 52.3 Å². The number of rotatable bonds is 13. The van der Waals surface area contributed by atoms with E-state index in [1.165, 1.54) is 70.3 Å². The molecule has 0 amide bonds. The van der Waals surface area contributed by atoms with Gasteiger partial charge in [0.15, 0.2) is 0 Å². The van der Waals surface area contributed by atoms with Crippen molar-refractivity contribution in [3.05, 3.63) is 59.2 Å². The minimum atomic E-state index is -0.964. The van der Waals surface area contributed by atoms with Gasteiger partial charge in [-0.05, 0) is 163 Å². The van der Waals surface area contributed by atoms with E-state index in [9.17, 15) is 14.7 Å². The molecule has 0 radical (unpaired) electrons. The van der Waals surface area contributed by atoms with Crippen molar-refractivity contribution in [2.75, 3.05) is 24.7 Å². The summed E-state index contributed by atoms with van der Waals surface area (Å²) in [6.45, 7) is 12.9. The molecule has 0 heterocycles. The summed E-state index contributed by atoms with van der Waals surface area (Å²) >= 11 is 0. The van der Waals surface area contributed by atoms with Gasteiger partial charge in [0, 0.05) is 17.5 Å². The molecule has 52 heavy (non-hydrogen) atoms. The fourth-order valence-corrected chi connectivity index (χ4v) is 12.0. The quantitative estimate of drug-likeness (QED) is 0.0817. The highest BCUT2D eigenvalue weighted by Gasteiger charge is 2.60. The van der Waals surface area contributed by atoms with Crippen LogP contribution >= 0.6 is 0 Å². The molecule has 4 aliphatic rings. The second-order valence-corrected chi connectivity index (χ2v) is 18.0. The van der Waals surface area contributed by atoms with Gasteiger partial charge in [0.05, 0.1) is 5.56 Å². The summed E-state index contributed by atoms with van der Waals surface area (Å²) in [5.74, 6) is 5.39. The van der Waals surface area contributed by atoms with Gasteiger partial charge in [-0.3, -0.25) is 0 Å². The number of carbonyl (C=O) groups is 2. The van der Waals surface area contributed by atoms with Crippen molar-refractivity contribution >= 4 is 29.4 Å². The van der Waals surface area contributed by atoms with E-state index >= 15 is 0 Å². The van der Waals surface area contributed by atoms with E-state index in [4.69, 9.17) is 20.9 Å². The monoisotopic (exact) mass is 712 g/mol. The van der Waals surface area contributed by atoms with E-state index in [-0.39, 0.29) is 13.2 Å². The predicted molar refractivity (Wildman–Crippen MR) is 210 cm³/mol. The van der Waals surface area contributed by atoms with Gasteiger partial charge in [0.2, 0.25) is 0 Å². The number of carboxylic acids is 1. The van der Waals surface area contributed by atoms with Gasteiger partial charge in [0.1, 0.15) is 19.0 Å². The van der Waals surface area contributed by atoms with Crippen LogP contribution in [0, 0.1) is 52.3 Å². The third-order valence-electron chi connectivity index (χ3n) is 14.5. The number of carbonyl (C=O) groups excluding carboxylic acids is 1. The second-order valence-electron chi connectivity index (χ2n) is 18.0. The zero-order valence-corrected chi connectivity index (χ0v) is 32.4. The molecule has 7 heteroatoms. The van der Waals surface area contributed by atoms with Crippen molar-refractivity contribution in [1.82, 2.24) is 0 Å². The van der Waals surface area contributed by atoms with Crippen LogP contribution in [0.5, 0.6) is 5.75 Å². The van der Waals surface area contributed by atoms with E-state index in [1.807, 2.05) is 12.1 Å². The van der Waals surface area contributed by atoms with Crippen molar-refractivity contribution < 1.29 is 24.2 Å². The number of esters is 1. The normalized spacial score (nSPS) is 31.8. The number of anilines is 2. The molecule has 284 valence electrons. The number of carboxylic acid groups (broad SMARTS) is 1. The van der Waals surface area contributed by atoms with Gasteiger partial charge in [0.25, 0.3) is 0 Å². The molecule has 4 aliphatic carbocycles. The Morgan fingerprint density at radius 1 is 0.885 bits per heavy atom. The fraction of sp³-hybridized carbons (Fsp3) is 0.644. The zero-order valence-electron chi connectivity index (χ0n) is 32.4. The smallest absolute Gasteiger partial charge is 0.338 e. The number of benzene rings is 2. The average molecular weight is 713 g/mol. The van der Waals surface area contributed by atoms with E-state index in [1.54, 1.807) is 24.3 Å². The molecule has 2 aromatic rings. The first-order chi connectivity index (χ1) is 24.8. The fourth-order valence-electron chi connectivity index (χ4n) is 12.0. The molecule has 7 nitrogen and oxygen atoms in total. The molecular formula is C45H64N2O5. The molecule has 9 atom stereocenters. The lowest BCUT2D eigenvalue weighted by molar-refractivity contribution is -0.131. The first kappa shape index (κ1) is 38.3. The molecular weight excluding hydrogens is 649 g/mol. The summed E-state index contributed by atoms with van der Waals surface area (Å²) in [5.41, 5.74) is 15.7. The molecule has 5 unspecified atom stereocenters. The minimum Gasteiger partial charge on any atom is -0.490 e. The first-order valence-corrected chi connectivity index (χ1v) is 20.3. The number of fused-ring (bicyclic) bond motifs is 5. The van der Waals surface area contributed by atoms with Crippen LogP contribution in [0.15, 0.2) is 42.5 Å².